The molecule has 1 rings (SSSR count). The van der Waals surface area contributed by atoms with Crippen LogP contribution in [0.2, 0.25) is 5.02 Å². The van der Waals surface area contributed by atoms with E-state index in [2.05, 4.69) is 0 Å². The Morgan fingerprint density at radius 2 is 2.12 bits per heavy atom. The predicted molar refractivity (Wildman–Crippen MR) is 64.4 cm³/mol. The van der Waals surface area contributed by atoms with Gasteiger partial charge in [-0.2, -0.15) is 0 Å². The molecule has 1 atom stereocenters. The number of methoxy groups -OCH3 is 1. The van der Waals surface area contributed by atoms with E-state index in [1.807, 2.05) is 0 Å². The summed E-state index contributed by atoms with van der Waals surface area (Å²) in [5.74, 6) is 0. The van der Waals surface area contributed by atoms with Crippen molar-refractivity contribution in [1.82, 2.24) is 0 Å². The van der Waals surface area contributed by atoms with E-state index in [9.17, 15) is 8.42 Å². The maximum absolute atomic E-state index is 12.0. The molecule has 0 saturated heterocycles. The minimum atomic E-state index is -3.46. The molecule has 2 N–H and O–H groups in total. The predicted octanol–water partition coefficient (Wildman–Crippen LogP) is 1.73. The maximum Gasteiger partial charge on any atom is 0.184 e. The van der Waals surface area contributed by atoms with Crippen LogP contribution in [0, 0.1) is 0 Å². The van der Waals surface area contributed by atoms with Crippen LogP contribution in [-0.4, -0.2) is 27.4 Å². The van der Waals surface area contributed by atoms with E-state index in [0.717, 1.165) is 0 Å². The lowest BCUT2D eigenvalue weighted by molar-refractivity contribution is 0.200. The summed E-state index contributed by atoms with van der Waals surface area (Å²) in [6, 6.07) is 4.35. The highest BCUT2D eigenvalue weighted by Gasteiger charge is 2.25. The first-order valence-corrected chi connectivity index (χ1v) is 6.60. The molecule has 0 aliphatic rings. The van der Waals surface area contributed by atoms with E-state index in [-0.39, 0.29) is 16.5 Å². The van der Waals surface area contributed by atoms with Crippen molar-refractivity contribution in [2.75, 3.05) is 19.5 Å². The van der Waals surface area contributed by atoms with Gasteiger partial charge in [0.1, 0.15) is 0 Å². The van der Waals surface area contributed by atoms with E-state index in [0.29, 0.717) is 5.69 Å². The Labute approximate surface area is 100 Å². The summed E-state index contributed by atoms with van der Waals surface area (Å²) >= 11 is 5.86. The van der Waals surface area contributed by atoms with Gasteiger partial charge >= 0.3 is 0 Å². The topological polar surface area (TPSA) is 69.4 Å². The Bertz CT molecular complexity index is 473. The molecule has 6 heteroatoms. The lowest BCUT2D eigenvalue weighted by Crippen LogP contribution is -2.23. The number of rotatable bonds is 4. The Morgan fingerprint density at radius 1 is 1.50 bits per heavy atom. The first kappa shape index (κ1) is 13.3. The minimum Gasteiger partial charge on any atom is -0.399 e. The molecule has 0 saturated carbocycles. The molecule has 90 valence electrons. The van der Waals surface area contributed by atoms with Crippen molar-refractivity contribution in [3.63, 3.8) is 0 Å². The lowest BCUT2D eigenvalue weighted by atomic mass is 10.3. The maximum atomic E-state index is 12.0. The van der Waals surface area contributed by atoms with Gasteiger partial charge in [-0.15, -0.1) is 0 Å². The molecule has 0 fully saturated rings. The third-order valence-corrected chi connectivity index (χ3v) is 4.78. The summed E-state index contributed by atoms with van der Waals surface area (Å²) in [7, 11) is -2.01. The second kappa shape index (κ2) is 5.03. The van der Waals surface area contributed by atoms with Gasteiger partial charge in [0.15, 0.2) is 9.84 Å². The average Bonchev–Trinajstić information content (AvgIpc) is 2.17. The lowest BCUT2D eigenvalue weighted by Gasteiger charge is -2.13. The molecule has 0 bridgehead atoms. The van der Waals surface area contributed by atoms with Gasteiger partial charge in [0.25, 0.3) is 0 Å². The molecule has 0 radical (unpaired) electrons. The third-order valence-electron chi connectivity index (χ3n) is 2.19. The molecule has 0 aromatic heterocycles. The Kier molecular flexibility index (Phi) is 4.18. The molecular weight excluding hydrogens is 250 g/mol. The Hall–Kier alpha value is -0.780. The second-order valence-electron chi connectivity index (χ2n) is 3.50. The molecule has 1 aromatic carbocycles. The molecule has 0 aliphatic carbocycles. The monoisotopic (exact) mass is 263 g/mol. The zero-order valence-corrected chi connectivity index (χ0v) is 10.7. The van der Waals surface area contributed by atoms with Crippen LogP contribution in [0.25, 0.3) is 0 Å². The number of halogens is 1. The van der Waals surface area contributed by atoms with E-state index in [4.69, 9.17) is 22.1 Å². The SMILES string of the molecule is COCC(C)S(=O)(=O)c1ccc(N)cc1Cl. The van der Waals surface area contributed by atoms with Crippen molar-refractivity contribution in [3.8, 4) is 0 Å². The highest BCUT2D eigenvalue weighted by molar-refractivity contribution is 7.92. The van der Waals surface area contributed by atoms with Crippen LogP contribution in [0.3, 0.4) is 0 Å². The van der Waals surface area contributed by atoms with Crippen molar-refractivity contribution >= 4 is 27.1 Å². The number of ether oxygens (including phenoxy) is 1. The van der Waals surface area contributed by atoms with E-state index in [1.54, 1.807) is 6.92 Å². The minimum absolute atomic E-state index is 0.0907. The molecule has 4 nitrogen and oxygen atoms in total. The number of nitrogens with two attached hydrogens (primary N) is 1. The first-order valence-electron chi connectivity index (χ1n) is 4.67. The zero-order chi connectivity index (χ0) is 12.3. The number of benzene rings is 1. The van der Waals surface area contributed by atoms with Gasteiger partial charge < -0.3 is 10.5 Å². The number of anilines is 1. The van der Waals surface area contributed by atoms with Crippen molar-refractivity contribution < 1.29 is 13.2 Å². The zero-order valence-electron chi connectivity index (χ0n) is 9.10. The molecule has 16 heavy (non-hydrogen) atoms. The summed E-state index contributed by atoms with van der Waals surface area (Å²) in [5.41, 5.74) is 5.94. The second-order valence-corrected chi connectivity index (χ2v) is 6.24. The van der Waals surface area contributed by atoms with Gasteiger partial charge in [-0.1, -0.05) is 11.6 Å². The number of sulfone groups is 1. The summed E-state index contributed by atoms with van der Waals surface area (Å²) in [4.78, 5) is 0.0907. The van der Waals surface area contributed by atoms with Crippen molar-refractivity contribution in [1.29, 1.82) is 0 Å². The van der Waals surface area contributed by atoms with Gasteiger partial charge in [-0.25, -0.2) is 8.42 Å². The standard InChI is InChI=1S/C10H14ClNO3S/c1-7(6-15-2)16(13,14)10-4-3-8(12)5-9(10)11/h3-5,7H,6,12H2,1-2H3. The number of nitrogen functional groups attached to an aromatic ring is 1. The van der Waals surface area contributed by atoms with Crippen molar-refractivity contribution in [2.24, 2.45) is 0 Å². The third kappa shape index (κ3) is 2.66. The van der Waals surface area contributed by atoms with Gasteiger partial charge in [0, 0.05) is 12.8 Å². The largest absolute Gasteiger partial charge is 0.399 e. The highest BCUT2D eigenvalue weighted by Crippen LogP contribution is 2.26. The molecule has 0 aliphatic heterocycles. The summed E-state index contributed by atoms with van der Waals surface area (Å²) < 4.78 is 28.9. The quantitative estimate of drug-likeness (QED) is 0.840. The van der Waals surface area contributed by atoms with Crippen molar-refractivity contribution in [3.05, 3.63) is 23.2 Å². The van der Waals surface area contributed by atoms with Gasteiger partial charge in [0.2, 0.25) is 0 Å². The van der Waals surface area contributed by atoms with Crippen LogP contribution in [0.1, 0.15) is 6.92 Å². The molecular formula is C10H14ClNO3S. The Balaban J connectivity index is 3.17. The smallest absolute Gasteiger partial charge is 0.184 e. The van der Waals surface area contributed by atoms with Crippen LogP contribution in [-0.2, 0) is 14.6 Å². The highest BCUT2D eigenvalue weighted by atomic mass is 35.5. The fraction of sp³-hybridized carbons (Fsp3) is 0.400. The number of hydrogen-bond donors (Lipinski definition) is 1. The van der Waals surface area contributed by atoms with Crippen molar-refractivity contribution in [2.45, 2.75) is 17.1 Å². The summed E-state index contributed by atoms with van der Waals surface area (Å²) in [6.45, 7) is 1.70. The number of hydrogen-bond acceptors (Lipinski definition) is 4. The average molecular weight is 264 g/mol. The van der Waals surface area contributed by atoms with Crippen LogP contribution in [0.15, 0.2) is 23.1 Å². The van der Waals surface area contributed by atoms with Crippen LogP contribution >= 0.6 is 11.6 Å². The van der Waals surface area contributed by atoms with Crippen LogP contribution in [0.5, 0.6) is 0 Å². The summed E-state index contributed by atoms with van der Waals surface area (Å²) in [5, 5.41) is -0.499. The fourth-order valence-electron chi connectivity index (χ4n) is 1.29. The van der Waals surface area contributed by atoms with E-state index < -0.39 is 15.1 Å². The molecule has 0 heterocycles. The molecule has 0 spiro atoms. The summed E-state index contributed by atoms with van der Waals surface area (Å²) in [6.07, 6.45) is 0. The van der Waals surface area contributed by atoms with E-state index in [1.165, 1.54) is 25.3 Å². The van der Waals surface area contributed by atoms with Gasteiger partial charge in [-0.05, 0) is 25.1 Å². The van der Waals surface area contributed by atoms with E-state index >= 15 is 0 Å². The fourth-order valence-corrected chi connectivity index (χ4v) is 3.14. The molecule has 0 amide bonds. The van der Waals surface area contributed by atoms with Gasteiger partial charge in [-0.3, -0.25) is 0 Å². The van der Waals surface area contributed by atoms with Crippen LogP contribution < -0.4 is 5.73 Å². The normalized spacial score (nSPS) is 13.7. The molecule has 1 aromatic rings. The molecule has 1 unspecified atom stereocenters. The Morgan fingerprint density at radius 3 is 2.62 bits per heavy atom. The first-order chi connectivity index (χ1) is 7.39. The van der Waals surface area contributed by atoms with Crippen LogP contribution in [0.4, 0.5) is 5.69 Å². The van der Waals surface area contributed by atoms with Gasteiger partial charge in [0.05, 0.1) is 21.8 Å².